The van der Waals surface area contributed by atoms with E-state index < -0.39 is 0 Å². The van der Waals surface area contributed by atoms with Crippen molar-refractivity contribution in [3.05, 3.63) is 64.2 Å². The lowest BCUT2D eigenvalue weighted by Gasteiger charge is -2.04. The number of nitrogens with one attached hydrogen (secondary N) is 1. The number of hydrogen-bond acceptors (Lipinski definition) is 4. The van der Waals surface area contributed by atoms with Gasteiger partial charge in [0.15, 0.2) is 0 Å². The average molecular weight is 274 g/mol. The van der Waals surface area contributed by atoms with E-state index in [9.17, 15) is 10.1 Å². The van der Waals surface area contributed by atoms with Crippen LogP contribution >= 0.6 is 11.8 Å². The zero-order valence-electron chi connectivity index (χ0n) is 10.5. The van der Waals surface area contributed by atoms with E-state index in [0.717, 1.165) is 16.3 Å². The number of rotatable bonds is 5. The zero-order valence-corrected chi connectivity index (χ0v) is 11.3. The van der Waals surface area contributed by atoms with Gasteiger partial charge in [-0.1, -0.05) is 23.9 Å². The quantitative estimate of drug-likeness (QED) is 0.670. The minimum absolute atomic E-state index is 0.119. The first-order valence-electron chi connectivity index (χ1n) is 5.85. The third-order valence-electron chi connectivity index (χ3n) is 2.59. The van der Waals surface area contributed by atoms with E-state index in [1.165, 1.54) is 17.7 Å². The molecule has 4 nitrogen and oxygen atoms in total. The number of hydrogen-bond donors (Lipinski definition) is 1. The highest BCUT2D eigenvalue weighted by Crippen LogP contribution is 2.29. The van der Waals surface area contributed by atoms with E-state index in [4.69, 9.17) is 0 Å². The van der Waals surface area contributed by atoms with Gasteiger partial charge in [0.2, 0.25) is 0 Å². The highest BCUT2D eigenvalue weighted by atomic mass is 32.2. The molecule has 0 aromatic heterocycles. The minimum Gasteiger partial charge on any atom is -0.316 e. The van der Waals surface area contributed by atoms with Crippen molar-refractivity contribution >= 4 is 17.4 Å². The third kappa shape index (κ3) is 3.81. The van der Waals surface area contributed by atoms with Gasteiger partial charge in [-0.15, -0.1) is 0 Å². The molecule has 2 aromatic rings. The summed E-state index contributed by atoms with van der Waals surface area (Å²) in [6, 6.07) is 14.8. The summed E-state index contributed by atoms with van der Waals surface area (Å²) in [4.78, 5) is 12.3. The van der Waals surface area contributed by atoms with Crippen LogP contribution in [-0.4, -0.2) is 12.0 Å². The summed E-state index contributed by atoms with van der Waals surface area (Å²) in [5.41, 5.74) is 1.35. The van der Waals surface area contributed by atoms with Gasteiger partial charge in [0.25, 0.3) is 5.69 Å². The molecule has 98 valence electrons. The van der Waals surface area contributed by atoms with Crippen LogP contribution in [0.1, 0.15) is 5.56 Å². The van der Waals surface area contributed by atoms with Crippen molar-refractivity contribution in [2.24, 2.45) is 0 Å². The number of non-ortho nitro benzene ring substituents is 1. The molecule has 0 atom stereocenters. The second-order valence-corrected chi connectivity index (χ2v) is 5.17. The monoisotopic (exact) mass is 274 g/mol. The van der Waals surface area contributed by atoms with Gasteiger partial charge < -0.3 is 5.32 Å². The van der Waals surface area contributed by atoms with Crippen LogP contribution in [0.4, 0.5) is 5.69 Å². The molecule has 0 unspecified atom stereocenters. The van der Waals surface area contributed by atoms with Gasteiger partial charge in [-0.25, -0.2) is 0 Å². The fourth-order valence-corrected chi connectivity index (χ4v) is 2.47. The maximum atomic E-state index is 10.6. The Kier molecular flexibility index (Phi) is 4.54. The molecule has 0 aliphatic rings. The molecular weight excluding hydrogens is 260 g/mol. The molecule has 0 radical (unpaired) electrons. The molecule has 0 spiro atoms. The van der Waals surface area contributed by atoms with Gasteiger partial charge in [-0.3, -0.25) is 10.1 Å². The van der Waals surface area contributed by atoms with Crippen molar-refractivity contribution in [3.63, 3.8) is 0 Å². The van der Waals surface area contributed by atoms with Gasteiger partial charge in [0.1, 0.15) is 0 Å². The predicted molar refractivity (Wildman–Crippen MR) is 76.4 cm³/mol. The molecular formula is C14H14N2O2S. The van der Waals surface area contributed by atoms with Gasteiger partial charge in [0.05, 0.1) is 4.92 Å². The van der Waals surface area contributed by atoms with Crippen molar-refractivity contribution in [2.45, 2.75) is 16.3 Å². The van der Waals surface area contributed by atoms with E-state index in [-0.39, 0.29) is 10.6 Å². The van der Waals surface area contributed by atoms with Crippen LogP contribution in [0.2, 0.25) is 0 Å². The Morgan fingerprint density at radius 2 is 1.58 bits per heavy atom. The molecule has 1 N–H and O–H groups in total. The number of nitro benzene ring substituents is 1. The topological polar surface area (TPSA) is 55.2 Å². The van der Waals surface area contributed by atoms with Crippen LogP contribution in [0, 0.1) is 10.1 Å². The van der Waals surface area contributed by atoms with Crippen LogP contribution in [0.25, 0.3) is 0 Å². The Bertz CT molecular complexity index is 553. The van der Waals surface area contributed by atoms with Crippen LogP contribution in [0.5, 0.6) is 0 Å². The maximum Gasteiger partial charge on any atom is 0.269 e. The second kappa shape index (κ2) is 6.36. The van der Waals surface area contributed by atoms with Gasteiger partial charge in [-0.05, 0) is 36.9 Å². The number of benzene rings is 2. The molecule has 5 heteroatoms. The van der Waals surface area contributed by atoms with E-state index >= 15 is 0 Å². The number of nitro groups is 1. The smallest absolute Gasteiger partial charge is 0.269 e. The highest BCUT2D eigenvalue weighted by Gasteiger charge is 2.04. The summed E-state index contributed by atoms with van der Waals surface area (Å²) < 4.78 is 0. The Labute approximate surface area is 116 Å². The first-order valence-corrected chi connectivity index (χ1v) is 6.66. The lowest BCUT2D eigenvalue weighted by molar-refractivity contribution is -0.384. The summed E-state index contributed by atoms with van der Waals surface area (Å²) in [6.45, 7) is 0.850. The normalized spacial score (nSPS) is 10.4. The molecule has 0 saturated heterocycles. The van der Waals surface area contributed by atoms with Gasteiger partial charge in [-0.2, -0.15) is 0 Å². The average Bonchev–Trinajstić information content (AvgIpc) is 2.42. The molecule has 0 aliphatic carbocycles. The van der Waals surface area contributed by atoms with Crippen LogP contribution in [-0.2, 0) is 6.54 Å². The SMILES string of the molecule is CNCc1ccc(Sc2ccc([N+](=O)[O-])cc2)cc1. The first-order chi connectivity index (χ1) is 9.19. The minimum atomic E-state index is -0.388. The lowest BCUT2D eigenvalue weighted by Crippen LogP contribution is -2.04. The van der Waals surface area contributed by atoms with Crippen molar-refractivity contribution in [1.82, 2.24) is 5.32 Å². The summed E-state index contributed by atoms with van der Waals surface area (Å²) in [6.07, 6.45) is 0. The molecule has 0 bridgehead atoms. The summed E-state index contributed by atoms with van der Waals surface area (Å²) >= 11 is 1.59. The van der Waals surface area contributed by atoms with Crippen molar-refractivity contribution in [3.8, 4) is 0 Å². The Morgan fingerprint density at radius 3 is 2.05 bits per heavy atom. The second-order valence-electron chi connectivity index (χ2n) is 4.03. The van der Waals surface area contributed by atoms with Gasteiger partial charge >= 0.3 is 0 Å². The van der Waals surface area contributed by atoms with Crippen molar-refractivity contribution in [1.29, 1.82) is 0 Å². The van der Waals surface area contributed by atoms with E-state index in [1.54, 1.807) is 23.9 Å². The van der Waals surface area contributed by atoms with Gasteiger partial charge in [0, 0.05) is 28.5 Å². The molecule has 0 amide bonds. The molecule has 2 aromatic carbocycles. The zero-order chi connectivity index (χ0) is 13.7. The van der Waals surface area contributed by atoms with E-state index in [1.807, 2.05) is 7.05 Å². The third-order valence-corrected chi connectivity index (χ3v) is 3.60. The van der Waals surface area contributed by atoms with Crippen molar-refractivity contribution in [2.75, 3.05) is 7.05 Å². The molecule has 19 heavy (non-hydrogen) atoms. The Balaban J connectivity index is 2.06. The van der Waals surface area contributed by atoms with Crippen LogP contribution < -0.4 is 5.32 Å². The maximum absolute atomic E-state index is 10.6. The standard InChI is InChI=1S/C14H14N2O2S/c1-15-10-11-2-6-13(7-3-11)19-14-8-4-12(5-9-14)16(17)18/h2-9,15H,10H2,1H3. The Morgan fingerprint density at radius 1 is 1.05 bits per heavy atom. The molecule has 0 aliphatic heterocycles. The van der Waals surface area contributed by atoms with E-state index in [0.29, 0.717) is 0 Å². The predicted octanol–water partition coefficient (Wildman–Crippen LogP) is 3.47. The summed E-state index contributed by atoms with van der Waals surface area (Å²) in [7, 11) is 1.92. The summed E-state index contributed by atoms with van der Waals surface area (Å²) in [5, 5.41) is 13.7. The largest absolute Gasteiger partial charge is 0.316 e. The molecule has 0 fully saturated rings. The lowest BCUT2D eigenvalue weighted by atomic mass is 10.2. The van der Waals surface area contributed by atoms with E-state index in [2.05, 4.69) is 29.6 Å². The fourth-order valence-electron chi connectivity index (χ4n) is 1.65. The van der Waals surface area contributed by atoms with Crippen LogP contribution in [0.15, 0.2) is 58.3 Å². The molecule has 2 rings (SSSR count). The van der Waals surface area contributed by atoms with Crippen molar-refractivity contribution < 1.29 is 4.92 Å². The first kappa shape index (κ1) is 13.6. The Hall–Kier alpha value is -1.85. The fraction of sp³-hybridized carbons (Fsp3) is 0.143. The summed E-state index contributed by atoms with van der Waals surface area (Å²) in [5.74, 6) is 0. The highest BCUT2D eigenvalue weighted by molar-refractivity contribution is 7.99. The number of nitrogens with zero attached hydrogens (tertiary/aromatic N) is 1. The van der Waals surface area contributed by atoms with Crippen LogP contribution in [0.3, 0.4) is 0 Å². The molecule has 0 saturated carbocycles. The molecule has 0 heterocycles.